The van der Waals surface area contributed by atoms with Gasteiger partial charge in [-0.05, 0) is 29.8 Å². The number of halogens is 1. The molecule has 0 bridgehead atoms. The van der Waals surface area contributed by atoms with Crippen LogP contribution in [0.4, 0.5) is 5.69 Å². The van der Waals surface area contributed by atoms with Gasteiger partial charge in [0.1, 0.15) is 12.3 Å². The maximum absolute atomic E-state index is 11.4. The summed E-state index contributed by atoms with van der Waals surface area (Å²) in [5.74, 6) is 0. The first-order valence-corrected chi connectivity index (χ1v) is 6.72. The molecule has 1 heterocycles. The van der Waals surface area contributed by atoms with Gasteiger partial charge in [-0.15, -0.1) is 0 Å². The minimum atomic E-state index is -0.373. The van der Waals surface area contributed by atoms with Crippen LogP contribution in [0.25, 0.3) is 0 Å². The molecule has 1 atom stereocenters. The zero-order valence-corrected chi connectivity index (χ0v) is 11.6. The summed E-state index contributed by atoms with van der Waals surface area (Å²) < 4.78 is 1.00. The van der Waals surface area contributed by atoms with E-state index in [2.05, 4.69) is 21.0 Å². The molecule has 1 aliphatic rings. The fraction of sp³-hybridized carbons (Fsp3) is 0.0667. The van der Waals surface area contributed by atoms with Crippen LogP contribution in [0.15, 0.2) is 58.1 Å². The van der Waals surface area contributed by atoms with Crippen molar-refractivity contribution in [2.75, 3.05) is 5.01 Å². The van der Waals surface area contributed by atoms with Crippen LogP contribution in [-0.4, -0.2) is 12.5 Å². The number of carbonyl (C=O) groups is 1. The highest BCUT2D eigenvalue weighted by Gasteiger charge is 2.25. The normalized spacial score (nSPS) is 17.1. The van der Waals surface area contributed by atoms with Gasteiger partial charge in [0, 0.05) is 10.0 Å². The molecule has 0 aliphatic carbocycles. The summed E-state index contributed by atoms with van der Waals surface area (Å²) in [6, 6.07) is 15.2. The Morgan fingerprint density at radius 3 is 2.58 bits per heavy atom. The minimum Gasteiger partial charge on any atom is -0.301 e. The van der Waals surface area contributed by atoms with E-state index in [1.807, 2.05) is 48.5 Å². The Hall–Kier alpha value is -1.94. The smallest absolute Gasteiger partial charge is 0.149 e. The van der Waals surface area contributed by atoms with Crippen molar-refractivity contribution in [3.63, 3.8) is 0 Å². The van der Waals surface area contributed by atoms with Crippen LogP contribution in [0.1, 0.15) is 17.2 Å². The molecule has 0 spiro atoms. The number of fused-ring (bicyclic) bond motifs is 1. The van der Waals surface area contributed by atoms with Crippen molar-refractivity contribution in [3.8, 4) is 0 Å². The lowest BCUT2D eigenvalue weighted by Crippen LogP contribution is -2.28. The molecule has 0 amide bonds. The average molecular weight is 315 g/mol. The molecule has 0 N–H and O–H groups in total. The predicted octanol–water partition coefficient (Wildman–Crippen LogP) is 3.54. The number of benzene rings is 2. The standard InChI is InChI=1S/C15H11BrN2O/c16-12-5-7-13(8-6-12)18-15(10-19)14-4-2-1-3-11(14)9-17-18/h1-10,15H. The van der Waals surface area contributed by atoms with Gasteiger partial charge in [-0.3, -0.25) is 5.01 Å². The second-order valence-electron chi connectivity index (χ2n) is 4.28. The van der Waals surface area contributed by atoms with Gasteiger partial charge < -0.3 is 4.79 Å². The third kappa shape index (κ3) is 2.19. The van der Waals surface area contributed by atoms with Gasteiger partial charge >= 0.3 is 0 Å². The summed E-state index contributed by atoms with van der Waals surface area (Å²) in [7, 11) is 0. The summed E-state index contributed by atoms with van der Waals surface area (Å²) >= 11 is 3.40. The van der Waals surface area contributed by atoms with Crippen molar-refractivity contribution < 1.29 is 4.79 Å². The SMILES string of the molecule is O=CC1c2ccccc2C=NN1c1ccc(Br)cc1. The van der Waals surface area contributed by atoms with E-state index in [4.69, 9.17) is 0 Å². The van der Waals surface area contributed by atoms with Crippen LogP contribution in [0, 0.1) is 0 Å². The minimum absolute atomic E-state index is 0.373. The summed E-state index contributed by atoms with van der Waals surface area (Å²) in [5.41, 5.74) is 2.87. The topological polar surface area (TPSA) is 32.7 Å². The van der Waals surface area contributed by atoms with Crippen LogP contribution in [0.2, 0.25) is 0 Å². The Labute approximate surface area is 119 Å². The third-order valence-electron chi connectivity index (χ3n) is 3.12. The van der Waals surface area contributed by atoms with Crippen LogP contribution in [0.3, 0.4) is 0 Å². The van der Waals surface area contributed by atoms with Crippen LogP contribution >= 0.6 is 15.9 Å². The van der Waals surface area contributed by atoms with E-state index in [9.17, 15) is 4.79 Å². The maximum atomic E-state index is 11.4. The molecule has 0 aromatic heterocycles. The molecule has 19 heavy (non-hydrogen) atoms. The van der Waals surface area contributed by atoms with Crippen molar-refractivity contribution >= 4 is 34.1 Å². The van der Waals surface area contributed by atoms with Gasteiger partial charge in [0.05, 0.1) is 11.9 Å². The number of rotatable bonds is 2. The van der Waals surface area contributed by atoms with Gasteiger partial charge in [-0.2, -0.15) is 5.10 Å². The first-order valence-electron chi connectivity index (χ1n) is 5.92. The van der Waals surface area contributed by atoms with Crippen molar-refractivity contribution in [2.45, 2.75) is 6.04 Å². The number of aldehydes is 1. The van der Waals surface area contributed by atoms with Gasteiger partial charge in [-0.1, -0.05) is 40.2 Å². The number of hydrogen-bond donors (Lipinski definition) is 0. The van der Waals surface area contributed by atoms with Crippen LogP contribution in [0.5, 0.6) is 0 Å². The first-order chi connectivity index (χ1) is 9.29. The van der Waals surface area contributed by atoms with E-state index in [-0.39, 0.29) is 6.04 Å². The van der Waals surface area contributed by atoms with Crippen LogP contribution < -0.4 is 5.01 Å². The molecule has 3 rings (SSSR count). The molecular formula is C15H11BrN2O. The second kappa shape index (κ2) is 4.97. The average Bonchev–Trinajstić information content (AvgIpc) is 2.47. The summed E-state index contributed by atoms with van der Waals surface area (Å²) in [4.78, 5) is 11.4. The van der Waals surface area contributed by atoms with Crippen molar-refractivity contribution in [1.82, 2.24) is 0 Å². The summed E-state index contributed by atoms with van der Waals surface area (Å²) in [6.45, 7) is 0. The molecule has 4 heteroatoms. The predicted molar refractivity (Wildman–Crippen MR) is 79.5 cm³/mol. The van der Waals surface area contributed by atoms with E-state index in [0.29, 0.717) is 0 Å². The van der Waals surface area contributed by atoms with Gasteiger partial charge in [-0.25, -0.2) is 0 Å². The van der Waals surface area contributed by atoms with Gasteiger partial charge in [0.25, 0.3) is 0 Å². The fourth-order valence-electron chi connectivity index (χ4n) is 2.18. The molecule has 2 aromatic rings. The fourth-order valence-corrected chi connectivity index (χ4v) is 2.44. The van der Waals surface area contributed by atoms with Crippen molar-refractivity contribution in [1.29, 1.82) is 0 Å². The second-order valence-corrected chi connectivity index (χ2v) is 5.19. The molecule has 94 valence electrons. The Morgan fingerprint density at radius 2 is 1.84 bits per heavy atom. The Bertz CT molecular complexity index is 637. The highest BCUT2D eigenvalue weighted by atomic mass is 79.9. The quantitative estimate of drug-likeness (QED) is 0.794. The van der Waals surface area contributed by atoms with Crippen molar-refractivity contribution in [3.05, 3.63) is 64.1 Å². The molecule has 0 saturated carbocycles. The van der Waals surface area contributed by atoms with Gasteiger partial charge in [0.2, 0.25) is 0 Å². The van der Waals surface area contributed by atoms with E-state index in [0.717, 1.165) is 27.6 Å². The number of hydrazone groups is 1. The maximum Gasteiger partial charge on any atom is 0.149 e. The monoisotopic (exact) mass is 314 g/mol. The lowest BCUT2D eigenvalue weighted by Gasteiger charge is -2.29. The molecule has 2 aromatic carbocycles. The first kappa shape index (κ1) is 12.1. The lowest BCUT2D eigenvalue weighted by molar-refractivity contribution is -0.109. The number of anilines is 1. The lowest BCUT2D eigenvalue weighted by atomic mass is 10.00. The summed E-state index contributed by atoms with van der Waals surface area (Å²) in [5, 5.41) is 6.12. The molecule has 0 fully saturated rings. The Kier molecular flexibility index (Phi) is 3.17. The zero-order chi connectivity index (χ0) is 13.2. The highest BCUT2D eigenvalue weighted by Crippen LogP contribution is 2.31. The Balaban J connectivity index is 2.05. The Morgan fingerprint density at radius 1 is 1.11 bits per heavy atom. The molecule has 1 aliphatic heterocycles. The summed E-state index contributed by atoms with van der Waals surface area (Å²) in [6.07, 6.45) is 2.72. The van der Waals surface area contributed by atoms with E-state index >= 15 is 0 Å². The molecule has 0 saturated heterocycles. The molecule has 0 radical (unpaired) electrons. The zero-order valence-electron chi connectivity index (χ0n) is 10.0. The van der Waals surface area contributed by atoms with Crippen LogP contribution in [-0.2, 0) is 4.79 Å². The number of carbonyl (C=O) groups excluding carboxylic acids is 1. The molecular weight excluding hydrogens is 304 g/mol. The number of hydrogen-bond acceptors (Lipinski definition) is 3. The van der Waals surface area contributed by atoms with Gasteiger partial charge in [0.15, 0.2) is 0 Å². The number of nitrogens with zero attached hydrogens (tertiary/aromatic N) is 2. The highest BCUT2D eigenvalue weighted by molar-refractivity contribution is 9.10. The molecule has 3 nitrogen and oxygen atoms in total. The van der Waals surface area contributed by atoms with Crippen molar-refractivity contribution in [2.24, 2.45) is 5.10 Å². The van der Waals surface area contributed by atoms with E-state index < -0.39 is 0 Å². The van der Waals surface area contributed by atoms with E-state index in [1.165, 1.54) is 0 Å². The van der Waals surface area contributed by atoms with E-state index in [1.54, 1.807) is 11.2 Å². The largest absolute Gasteiger partial charge is 0.301 e. The third-order valence-corrected chi connectivity index (χ3v) is 3.65. The molecule has 1 unspecified atom stereocenters.